The summed E-state index contributed by atoms with van der Waals surface area (Å²) < 4.78 is 47.0. The third kappa shape index (κ3) is 5.28. The van der Waals surface area contributed by atoms with Gasteiger partial charge in [-0.1, -0.05) is 17.7 Å². The summed E-state index contributed by atoms with van der Waals surface area (Å²) in [5.41, 5.74) is 0.752. The third-order valence-electron chi connectivity index (χ3n) is 2.39. The van der Waals surface area contributed by atoms with Crippen molar-refractivity contribution in [3.05, 3.63) is 28.8 Å². The Morgan fingerprint density at radius 2 is 2.05 bits per heavy atom. The van der Waals surface area contributed by atoms with Crippen LogP contribution >= 0.6 is 11.6 Å². The molecule has 0 heterocycles. The van der Waals surface area contributed by atoms with Gasteiger partial charge in [0.15, 0.2) is 0 Å². The Labute approximate surface area is 119 Å². The molecule has 1 unspecified atom stereocenters. The molecule has 0 saturated heterocycles. The summed E-state index contributed by atoms with van der Waals surface area (Å²) in [4.78, 5) is 11.5. The van der Waals surface area contributed by atoms with Gasteiger partial charge in [0.2, 0.25) is 6.10 Å². The van der Waals surface area contributed by atoms with Crippen LogP contribution in [0.4, 0.5) is 13.2 Å². The van der Waals surface area contributed by atoms with E-state index in [9.17, 15) is 18.0 Å². The molecule has 0 amide bonds. The maximum absolute atomic E-state index is 12.4. The molecule has 0 aromatic heterocycles. The Kier molecular flexibility index (Phi) is 5.68. The second kappa shape index (κ2) is 6.83. The quantitative estimate of drug-likeness (QED) is 0.773. The van der Waals surface area contributed by atoms with Gasteiger partial charge in [0, 0.05) is 5.02 Å². The monoisotopic (exact) mass is 310 g/mol. The largest absolute Gasteiger partial charge is 0.478 e. The summed E-state index contributed by atoms with van der Waals surface area (Å²) in [7, 11) is 0. The molecule has 0 fully saturated rings. The first kappa shape index (κ1) is 16.6. The van der Waals surface area contributed by atoms with Crippen LogP contribution in [0.2, 0.25) is 5.02 Å². The lowest BCUT2D eigenvalue weighted by atomic mass is 10.2. The zero-order chi connectivity index (χ0) is 15.3. The maximum atomic E-state index is 12.4. The lowest BCUT2D eigenvalue weighted by molar-refractivity contribution is -0.173. The molecule has 112 valence electrons. The Hall–Kier alpha value is -1.43. The Bertz CT molecular complexity index is 474. The molecule has 0 aliphatic rings. The predicted molar refractivity (Wildman–Crippen MR) is 67.9 cm³/mol. The smallest absolute Gasteiger partial charge is 0.393 e. The summed E-state index contributed by atoms with van der Waals surface area (Å²) in [6, 6.07) is 4.40. The van der Waals surface area contributed by atoms with Gasteiger partial charge in [0.05, 0.1) is 13.0 Å². The Morgan fingerprint density at radius 3 is 2.55 bits per heavy atom. The van der Waals surface area contributed by atoms with Gasteiger partial charge >= 0.3 is 12.1 Å². The molecule has 0 bridgehead atoms. The van der Waals surface area contributed by atoms with E-state index in [4.69, 9.17) is 16.3 Å². The van der Waals surface area contributed by atoms with E-state index in [-0.39, 0.29) is 12.4 Å². The zero-order valence-electron chi connectivity index (χ0n) is 11.0. The Morgan fingerprint density at radius 1 is 1.40 bits per heavy atom. The molecule has 7 heteroatoms. The van der Waals surface area contributed by atoms with Crippen LogP contribution in [0, 0.1) is 6.92 Å². The van der Waals surface area contributed by atoms with Crippen LogP contribution in [0.1, 0.15) is 18.9 Å². The summed E-state index contributed by atoms with van der Waals surface area (Å²) in [5, 5.41) is 0.345. The van der Waals surface area contributed by atoms with E-state index in [1.807, 2.05) is 0 Å². The predicted octanol–water partition coefficient (Wildman–Crippen LogP) is 3.91. The molecule has 3 nitrogen and oxygen atoms in total. The van der Waals surface area contributed by atoms with Crippen molar-refractivity contribution < 1.29 is 27.4 Å². The number of esters is 1. The van der Waals surface area contributed by atoms with E-state index in [0.717, 1.165) is 5.56 Å². The van der Waals surface area contributed by atoms with E-state index in [1.54, 1.807) is 13.0 Å². The number of hydrogen-bond donors (Lipinski definition) is 0. The summed E-state index contributed by atoms with van der Waals surface area (Å²) in [6.45, 7) is 3.22. The van der Waals surface area contributed by atoms with Crippen LogP contribution in [0.15, 0.2) is 18.2 Å². The minimum atomic E-state index is -4.54. The normalized spacial score (nSPS) is 12.9. The number of alkyl halides is 3. The first-order chi connectivity index (χ1) is 9.23. The maximum Gasteiger partial charge on any atom is 0.393 e. The molecule has 20 heavy (non-hydrogen) atoms. The highest BCUT2D eigenvalue weighted by Crippen LogP contribution is 2.27. The number of aryl methyl sites for hydroxylation is 1. The molecular formula is C13H14ClF3O3. The van der Waals surface area contributed by atoms with E-state index in [2.05, 4.69) is 4.74 Å². The van der Waals surface area contributed by atoms with Crippen molar-refractivity contribution in [1.29, 1.82) is 0 Å². The van der Waals surface area contributed by atoms with Gasteiger partial charge in [0.1, 0.15) is 5.75 Å². The standard InChI is InChI=1S/C13H14ClF3O3/c1-3-19-12(18)11(7-13(15,16)17)20-9-5-4-8(2)10(14)6-9/h4-6,11H,3,7H2,1-2H3. The van der Waals surface area contributed by atoms with Crippen LogP contribution < -0.4 is 4.74 Å². The number of benzene rings is 1. The number of carbonyl (C=O) groups excluding carboxylic acids is 1. The van der Waals surface area contributed by atoms with Crippen LogP contribution in [-0.4, -0.2) is 24.9 Å². The van der Waals surface area contributed by atoms with Gasteiger partial charge in [0.25, 0.3) is 0 Å². The molecule has 1 aromatic rings. The topological polar surface area (TPSA) is 35.5 Å². The highest BCUT2D eigenvalue weighted by Gasteiger charge is 2.37. The fourth-order valence-corrected chi connectivity index (χ4v) is 1.60. The van der Waals surface area contributed by atoms with Crippen molar-refractivity contribution in [2.45, 2.75) is 32.5 Å². The molecule has 1 rings (SSSR count). The third-order valence-corrected chi connectivity index (χ3v) is 2.80. The van der Waals surface area contributed by atoms with E-state index in [1.165, 1.54) is 19.1 Å². The molecule has 1 atom stereocenters. The fourth-order valence-electron chi connectivity index (χ4n) is 1.43. The van der Waals surface area contributed by atoms with Crippen molar-refractivity contribution in [2.75, 3.05) is 6.61 Å². The van der Waals surface area contributed by atoms with E-state index in [0.29, 0.717) is 5.02 Å². The lowest BCUT2D eigenvalue weighted by Crippen LogP contribution is -2.34. The number of rotatable bonds is 5. The van der Waals surface area contributed by atoms with Gasteiger partial charge < -0.3 is 9.47 Å². The second-order valence-corrected chi connectivity index (χ2v) is 4.50. The van der Waals surface area contributed by atoms with Crippen molar-refractivity contribution in [3.8, 4) is 5.75 Å². The summed E-state index contributed by atoms with van der Waals surface area (Å²) in [6.07, 6.45) is -7.70. The molecular weight excluding hydrogens is 297 g/mol. The van der Waals surface area contributed by atoms with Crippen LogP contribution in [0.3, 0.4) is 0 Å². The van der Waals surface area contributed by atoms with Crippen molar-refractivity contribution in [3.63, 3.8) is 0 Å². The number of halogens is 4. The van der Waals surface area contributed by atoms with Gasteiger partial charge in [-0.25, -0.2) is 4.79 Å². The molecule has 0 spiro atoms. The van der Waals surface area contributed by atoms with Crippen molar-refractivity contribution in [2.24, 2.45) is 0 Å². The van der Waals surface area contributed by atoms with Crippen LogP contribution in [-0.2, 0) is 9.53 Å². The zero-order valence-corrected chi connectivity index (χ0v) is 11.7. The average Bonchev–Trinajstić information content (AvgIpc) is 2.31. The second-order valence-electron chi connectivity index (χ2n) is 4.09. The lowest BCUT2D eigenvalue weighted by Gasteiger charge is -2.19. The highest BCUT2D eigenvalue weighted by molar-refractivity contribution is 6.31. The fraction of sp³-hybridized carbons (Fsp3) is 0.462. The summed E-state index contributed by atoms with van der Waals surface area (Å²) in [5.74, 6) is -0.968. The van der Waals surface area contributed by atoms with Crippen LogP contribution in [0.5, 0.6) is 5.75 Å². The highest BCUT2D eigenvalue weighted by atomic mass is 35.5. The minimum Gasteiger partial charge on any atom is -0.478 e. The Balaban J connectivity index is 2.87. The molecule has 0 aliphatic carbocycles. The minimum absolute atomic E-state index is 0.0226. The van der Waals surface area contributed by atoms with Gasteiger partial charge in [-0.2, -0.15) is 13.2 Å². The SMILES string of the molecule is CCOC(=O)C(CC(F)(F)F)Oc1ccc(C)c(Cl)c1. The van der Waals surface area contributed by atoms with E-state index >= 15 is 0 Å². The number of hydrogen-bond acceptors (Lipinski definition) is 3. The molecule has 0 aliphatic heterocycles. The van der Waals surface area contributed by atoms with E-state index < -0.39 is 24.7 Å². The van der Waals surface area contributed by atoms with Crippen molar-refractivity contribution in [1.82, 2.24) is 0 Å². The first-order valence-electron chi connectivity index (χ1n) is 5.89. The summed E-state index contributed by atoms with van der Waals surface area (Å²) >= 11 is 5.85. The first-order valence-corrected chi connectivity index (χ1v) is 6.27. The van der Waals surface area contributed by atoms with Gasteiger partial charge in [-0.15, -0.1) is 0 Å². The molecule has 0 saturated carbocycles. The average molecular weight is 311 g/mol. The number of ether oxygens (including phenoxy) is 2. The number of carbonyl (C=O) groups is 1. The molecule has 0 N–H and O–H groups in total. The van der Waals surface area contributed by atoms with Gasteiger partial charge in [-0.3, -0.25) is 0 Å². The van der Waals surface area contributed by atoms with Gasteiger partial charge in [-0.05, 0) is 31.5 Å². The molecule has 1 aromatic carbocycles. The van der Waals surface area contributed by atoms with Crippen LogP contribution in [0.25, 0.3) is 0 Å². The van der Waals surface area contributed by atoms with Crippen molar-refractivity contribution >= 4 is 17.6 Å². The molecule has 0 radical (unpaired) electrons.